The number of nitrogens with zero attached hydrogens (tertiary/aromatic N) is 3. The van der Waals surface area contributed by atoms with E-state index in [-0.39, 0.29) is 0 Å². The van der Waals surface area contributed by atoms with Gasteiger partial charge in [-0.3, -0.25) is 4.79 Å². The van der Waals surface area contributed by atoms with Crippen LogP contribution in [0.2, 0.25) is 10.0 Å². The largest absolute Gasteiger partial charge is 0.366 e. The first-order valence-electron chi connectivity index (χ1n) is 8.20. The molecule has 136 valence electrons. The molecule has 27 heavy (non-hydrogen) atoms. The Morgan fingerprint density at radius 2 is 1.93 bits per heavy atom. The minimum absolute atomic E-state index is 0.372. The molecule has 2 aromatic carbocycles. The highest BCUT2D eigenvalue weighted by molar-refractivity contribution is 6.35. The lowest BCUT2D eigenvalue weighted by molar-refractivity contribution is -0.115. The van der Waals surface area contributed by atoms with Gasteiger partial charge in [0.05, 0.1) is 5.57 Å². The molecule has 8 heteroatoms. The zero-order valence-electron chi connectivity index (χ0n) is 14.3. The van der Waals surface area contributed by atoms with Crippen LogP contribution < -0.4 is 11.1 Å². The van der Waals surface area contributed by atoms with Gasteiger partial charge in [-0.15, -0.1) is 5.10 Å². The van der Waals surface area contributed by atoms with Crippen LogP contribution >= 0.6 is 23.2 Å². The van der Waals surface area contributed by atoms with Crippen LogP contribution in [0.3, 0.4) is 0 Å². The highest BCUT2D eigenvalue weighted by Crippen LogP contribution is 2.39. The minimum atomic E-state index is -0.603. The van der Waals surface area contributed by atoms with Crippen LogP contribution in [0.1, 0.15) is 18.5 Å². The van der Waals surface area contributed by atoms with Crippen LogP contribution in [-0.2, 0) is 4.79 Å². The predicted molar refractivity (Wildman–Crippen MR) is 106 cm³/mol. The summed E-state index contributed by atoms with van der Waals surface area (Å²) in [6, 6.07) is 14.1. The summed E-state index contributed by atoms with van der Waals surface area (Å²) in [5, 5.41) is 8.65. The molecule has 3 N–H and O–H groups in total. The summed E-state index contributed by atoms with van der Waals surface area (Å²) in [4.78, 5) is 16.8. The molecule has 1 unspecified atom stereocenters. The fourth-order valence-electron chi connectivity index (χ4n) is 3.19. The van der Waals surface area contributed by atoms with Crippen molar-refractivity contribution in [2.75, 3.05) is 5.32 Å². The maximum Gasteiger partial charge on any atom is 0.248 e. The Bertz CT molecular complexity index is 1070. The SMILES string of the molecule is CC1=C(C(N)=O)C(c2ccc(Cl)cc2Cl)n2nc(-c3ccccc3)nc2N1. The highest BCUT2D eigenvalue weighted by Gasteiger charge is 2.34. The standard InChI is InChI=1S/C19H15Cl2N5O/c1-10-15(17(22)27)16(13-8-7-12(20)9-14(13)21)26-19(23-10)24-18(25-26)11-5-3-2-4-6-11/h2-9,16H,1H3,(H2,22,27)(H,23,24,25). The van der Waals surface area contributed by atoms with Crippen LogP contribution in [0, 0.1) is 0 Å². The summed E-state index contributed by atoms with van der Waals surface area (Å²) in [5.74, 6) is 0.484. The van der Waals surface area contributed by atoms with Gasteiger partial charge in [-0.2, -0.15) is 4.98 Å². The van der Waals surface area contributed by atoms with Crippen molar-refractivity contribution in [3.63, 3.8) is 0 Å². The molecule has 1 aromatic heterocycles. The van der Waals surface area contributed by atoms with Crippen molar-refractivity contribution in [1.29, 1.82) is 0 Å². The van der Waals surface area contributed by atoms with Crippen molar-refractivity contribution in [3.05, 3.63) is 75.4 Å². The molecule has 0 bridgehead atoms. The van der Waals surface area contributed by atoms with Crippen molar-refractivity contribution < 1.29 is 4.79 Å². The minimum Gasteiger partial charge on any atom is -0.366 e. The number of nitrogens with two attached hydrogens (primary N) is 1. The second kappa shape index (κ2) is 6.72. The zero-order valence-corrected chi connectivity index (χ0v) is 15.8. The lowest BCUT2D eigenvalue weighted by Gasteiger charge is -2.28. The van der Waals surface area contributed by atoms with E-state index in [1.165, 1.54) is 0 Å². The van der Waals surface area contributed by atoms with E-state index in [9.17, 15) is 4.79 Å². The first-order valence-corrected chi connectivity index (χ1v) is 8.96. The molecular weight excluding hydrogens is 385 g/mol. The number of nitrogens with one attached hydrogen (secondary N) is 1. The molecule has 1 atom stereocenters. The summed E-state index contributed by atoms with van der Waals surface area (Å²) < 4.78 is 1.63. The van der Waals surface area contributed by atoms with Crippen molar-refractivity contribution in [2.24, 2.45) is 5.73 Å². The Hall–Kier alpha value is -2.83. The molecule has 6 nitrogen and oxygen atoms in total. The van der Waals surface area contributed by atoms with E-state index in [1.807, 2.05) is 30.3 Å². The van der Waals surface area contributed by atoms with Crippen LogP contribution in [-0.4, -0.2) is 20.7 Å². The average molecular weight is 400 g/mol. The van der Waals surface area contributed by atoms with Gasteiger partial charge in [0.2, 0.25) is 11.9 Å². The fraction of sp³-hybridized carbons (Fsp3) is 0.105. The summed E-state index contributed by atoms with van der Waals surface area (Å²) in [6.07, 6.45) is 0. The topological polar surface area (TPSA) is 85.8 Å². The van der Waals surface area contributed by atoms with E-state index >= 15 is 0 Å². The van der Waals surface area contributed by atoms with Gasteiger partial charge in [-0.25, -0.2) is 4.68 Å². The summed E-state index contributed by atoms with van der Waals surface area (Å²) >= 11 is 12.5. The number of anilines is 1. The molecule has 1 amide bonds. The number of primary amides is 1. The van der Waals surface area contributed by atoms with Gasteiger partial charge in [0.15, 0.2) is 5.82 Å². The Kier molecular flexibility index (Phi) is 4.37. The van der Waals surface area contributed by atoms with Crippen molar-refractivity contribution in [2.45, 2.75) is 13.0 Å². The molecule has 1 aliphatic heterocycles. The number of rotatable bonds is 3. The van der Waals surface area contributed by atoms with E-state index in [1.54, 1.807) is 29.8 Å². The third kappa shape index (κ3) is 3.07. The number of hydrogen-bond acceptors (Lipinski definition) is 4. The van der Waals surface area contributed by atoms with E-state index in [0.29, 0.717) is 38.7 Å². The molecule has 0 spiro atoms. The van der Waals surface area contributed by atoms with Crippen LogP contribution in [0.15, 0.2) is 59.8 Å². The third-order valence-corrected chi connectivity index (χ3v) is 4.97. The second-order valence-corrected chi connectivity index (χ2v) is 7.01. The first kappa shape index (κ1) is 17.6. The molecule has 2 heterocycles. The van der Waals surface area contributed by atoms with Gasteiger partial charge in [-0.05, 0) is 19.1 Å². The lowest BCUT2D eigenvalue weighted by Crippen LogP contribution is -2.32. The number of carbonyl (C=O) groups excluding carboxylic acids is 1. The third-order valence-electron chi connectivity index (χ3n) is 4.41. The average Bonchev–Trinajstić information content (AvgIpc) is 3.05. The molecule has 0 saturated heterocycles. The first-order chi connectivity index (χ1) is 13.0. The smallest absolute Gasteiger partial charge is 0.248 e. The molecule has 0 aliphatic carbocycles. The predicted octanol–water partition coefficient (Wildman–Crippen LogP) is 4.03. The van der Waals surface area contributed by atoms with E-state index in [2.05, 4.69) is 15.4 Å². The van der Waals surface area contributed by atoms with E-state index in [0.717, 1.165) is 5.56 Å². The lowest BCUT2D eigenvalue weighted by atomic mass is 9.95. The maximum atomic E-state index is 12.2. The fourth-order valence-corrected chi connectivity index (χ4v) is 3.70. The molecule has 4 rings (SSSR count). The van der Waals surface area contributed by atoms with Crippen LogP contribution in [0.25, 0.3) is 11.4 Å². The number of benzene rings is 2. The van der Waals surface area contributed by atoms with Gasteiger partial charge < -0.3 is 11.1 Å². The number of fused-ring (bicyclic) bond motifs is 1. The monoisotopic (exact) mass is 399 g/mol. The molecule has 3 aromatic rings. The number of carbonyl (C=O) groups is 1. The number of halogens is 2. The van der Waals surface area contributed by atoms with Gasteiger partial charge in [0.25, 0.3) is 0 Å². The number of allylic oxidation sites excluding steroid dienone is 1. The van der Waals surface area contributed by atoms with Gasteiger partial charge in [0.1, 0.15) is 6.04 Å². The summed E-state index contributed by atoms with van der Waals surface area (Å²) in [6.45, 7) is 1.78. The van der Waals surface area contributed by atoms with Crippen LogP contribution in [0.5, 0.6) is 0 Å². The Morgan fingerprint density at radius 1 is 1.19 bits per heavy atom. The summed E-state index contributed by atoms with van der Waals surface area (Å²) in [5.41, 5.74) is 8.18. The molecule has 0 saturated carbocycles. The Labute approximate surface area is 165 Å². The molecule has 1 aliphatic rings. The summed E-state index contributed by atoms with van der Waals surface area (Å²) in [7, 11) is 0. The molecule has 0 radical (unpaired) electrons. The molecule has 0 fully saturated rings. The Balaban J connectivity index is 1.92. The van der Waals surface area contributed by atoms with E-state index < -0.39 is 11.9 Å². The van der Waals surface area contributed by atoms with Crippen LogP contribution in [0.4, 0.5) is 5.95 Å². The maximum absolute atomic E-state index is 12.2. The second-order valence-electron chi connectivity index (χ2n) is 6.17. The Morgan fingerprint density at radius 3 is 2.59 bits per heavy atom. The highest BCUT2D eigenvalue weighted by atomic mass is 35.5. The van der Waals surface area contributed by atoms with Gasteiger partial charge >= 0.3 is 0 Å². The van der Waals surface area contributed by atoms with Crippen molar-refractivity contribution in [1.82, 2.24) is 14.8 Å². The van der Waals surface area contributed by atoms with E-state index in [4.69, 9.17) is 28.9 Å². The quantitative estimate of drug-likeness (QED) is 0.695. The number of amides is 1. The van der Waals surface area contributed by atoms with Crippen molar-refractivity contribution >= 4 is 35.1 Å². The molecular formula is C19H15Cl2N5O. The number of aromatic nitrogens is 3. The number of hydrogen-bond donors (Lipinski definition) is 2. The normalized spacial score (nSPS) is 16.0. The van der Waals surface area contributed by atoms with Gasteiger partial charge in [0, 0.05) is 26.9 Å². The van der Waals surface area contributed by atoms with Gasteiger partial charge in [-0.1, -0.05) is 59.6 Å². The van der Waals surface area contributed by atoms with Crippen molar-refractivity contribution in [3.8, 4) is 11.4 Å². The zero-order chi connectivity index (χ0) is 19.1.